The first-order chi connectivity index (χ1) is 8.93. The van der Waals surface area contributed by atoms with Gasteiger partial charge in [-0.3, -0.25) is 0 Å². The maximum atomic E-state index is 13.9. The second-order valence-electron chi connectivity index (χ2n) is 5.46. The zero-order valence-corrected chi connectivity index (χ0v) is 11.7. The molecule has 0 amide bonds. The van der Waals surface area contributed by atoms with Crippen molar-refractivity contribution in [3.8, 4) is 0 Å². The molecule has 0 heterocycles. The van der Waals surface area contributed by atoms with E-state index in [0.717, 1.165) is 5.56 Å². The van der Waals surface area contributed by atoms with Crippen molar-refractivity contribution in [2.75, 3.05) is 0 Å². The van der Waals surface area contributed by atoms with E-state index >= 15 is 0 Å². The quantitative estimate of drug-likeness (QED) is 0.877. The molecule has 19 heavy (non-hydrogen) atoms. The van der Waals surface area contributed by atoms with Crippen molar-refractivity contribution in [3.63, 3.8) is 0 Å². The second kappa shape index (κ2) is 5.14. The number of rotatable bonds is 3. The summed E-state index contributed by atoms with van der Waals surface area (Å²) in [5.74, 6) is 0.215. The summed E-state index contributed by atoms with van der Waals surface area (Å²) in [5.41, 5.74) is 8.22. The fourth-order valence-corrected chi connectivity index (χ4v) is 2.25. The Morgan fingerprint density at radius 1 is 1.00 bits per heavy atom. The highest BCUT2D eigenvalue weighted by atomic mass is 19.1. The summed E-state index contributed by atoms with van der Waals surface area (Å²) in [6.45, 7) is 6.14. The summed E-state index contributed by atoms with van der Waals surface area (Å²) < 4.78 is 13.9. The first-order valence-corrected chi connectivity index (χ1v) is 6.57. The average Bonchev–Trinajstić information content (AvgIpc) is 2.39. The normalized spacial score (nSPS) is 14.4. The van der Waals surface area contributed by atoms with Crippen LogP contribution in [-0.2, 0) is 5.54 Å². The summed E-state index contributed by atoms with van der Waals surface area (Å²) in [4.78, 5) is 0. The van der Waals surface area contributed by atoms with Gasteiger partial charge in [0.1, 0.15) is 5.82 Å². The molecule has 1 nitrogen and oxygen atoms in total. The minimum atomic E-state index is -0.819. The monoisotopic (exact) mass is 257 g/mol. The van der Waals surface area contributed by atoms with Gasteiger partial charge in [0, 0.05) is 5.56 Å². The van der Waals surface area contributed by atoms with E-state index in [4.69, 9.17) is 5.73 Å². The van der Waals surface area contributed by atoms with E-state index in [2.05, 4.69) is 26.0 Å². The van der Waals surface area contributed by atoms with Gasteiger partial charge in [-0.2, -0.15) is 0 Å². The van der Waals surface area contributed by atoms with Crippen LogP contribution in [-0.4, -0.2) is 0 Å². The van der Waals surface area contributed by atoms with Crippen LogP contribution in [0.1, 0.15) is 43.4 Å². The van der Waals surface area contributed by atoms with Gasteiger partial charge < -0.3 is 5.73 Å². The largest absolute Gasteiger partial charge is 0.318 e. The van der Waals surface area contributed by atoms with Gasteiger partial charge in [0.15, 0.2) is 0 Å². The lowest BCUT2D eigenvalue weighted by Gasteiger charge is -2.26. The molecule has 0 radical (unpaired) electrons. The standard InChI is InChI=1S/C17H20FN/c1-12(2)13-8-10-14(11-9-13)17(3,19)15-6-4-5-7-16(15)18/h4-12H,19H2,1-3H3. The third-order valence-corrected chi connectivity index (χ3v) is 3.61. The third-order valence-electron chi connectivity index (χ3n) is 3.61. The highest BCUT2D eigenvalue weighted by Gasteiger charge is 2.26. The van der Waals surface area contributed by atoms with Crippen molar-refractivity contribution in [3.05, 3.63) is 71.0 Å². The van der Waals surface area contributed by atoms with E-state index in [9.17, 15) is 4.39 Å². The fourth-order valence-electron chi connectivity index (χ4n) is 2.25. The predicted octanol–water partition coefficient (Wildman–Crippen LogP) is 4.17. The molecule has 2 heteroatoms. The Bertz CT molecular complexity index is 556. The molecule has 0 aliphatic rings. The van der Waals surface area contributed by atoms with Crippen LogP contribution in [0.25, 0.3) is 0 Å². The van der Waals surface area contributed by atoms with E-state index in [1.807, 2.05) is 25.1 Å². The van der Waals surface area contributed by atoms with E-state index in [1.165, 1.54) is 11.6 Å². The van der Waals surface area contributed by atoms with Gasteiger partial charge in [0.25, 0.3) is 0 Å². The predicted molar refractivity (Wildman–Crippen MR) is 77.6 cm³/mol. The van der Waals surface area contributed by atoms with Crippen LogP contribution in [0.15, 0.2) is 48.5 Å². The number of benzene rings is 2. The molecule has 2 N–H and O–H groups in total. The topological polar surface area (TPSA) is 26.0 Å². The molecular formula is C17H20FN. The van der Waals surface area contributed by atoms with E-state index in [0.29, 0.717) is 11.5 Å². The van der Waals surface area contributed by atoms with E-state index < -0.39 is 5.54 Å². The van der Waals surface area contributed by atoms with Crippen LogP contribution in [0.2, 0.25) is 0 Å². The molecule has 0 aliphatic heterocycles. The minimum Gasteiger partial charge on any atom is -0.318 e. The van der Waals surface area contributed by atoms with Crippen molar-refractivity contribution < 1.29 is 4.39 Å². The summed E-state index contributed by atoms with van der Waals surface area (Å²) in [5, 5.41) is 0. The average molecular weight is 257 g/mol. The van der Waals surface area contributed by atoms with Gasteiger partial charge in [-0.1, -0.05) is 56.3 Å². The summed E-state index contributed by atoms with van der Waals surface area (Å²) in [6, 6.07) is 14.8. The Labute approximate surface area is 114 Å². The number of nitrogens with two attached hydrogens (primary N) is 1. The molecule has 1 unspecified atom stereocenters. The van der Waals surface area contributed by atoms with Gasteiger partial charge in [0.2, 0.25) is 0 Å². The number of hydrogen-bond acceptors (Lipinski definition) is 1. The van der Waals surface area contributed by atoms with Gasteiger partial charge >= 0.3 is 0 Å². The molecule has 0 saturated carbocycles. The first-order valence-electron chi connectivity index (χ1n) is 6.57. The molecule has 0 aromatic heterocycles. The molecule has 0 spiro atoms. The maximum absolute atomic E-state index is 13.9. The van der Waals surface area contributed by atoms with Gasteiger partial charge in [-0.15, -0.1) is 0 Å². The molecule has 0 saturated heterocycles. The molecule has 0 fully saturated rings. The highest BCUT2D eigenvalue weighted by Crippen LogP contribution is 2.29. The molecule has 1 atom stereocenters. The number of halogens is 1. The summed E-state index contributed by atoms with van der Waals surface area (Å²) >= 11 is 0. The first kappa shape index (κ1) is 13.8. The molecule has 0 bridgehead atoms. The van der Waals surface area contributed by atoms with Crippen LogP contribution >= 0.6 is 0 Å². The third kappa shape index (κ3) is 2.69. The smallest absolute Gasteiger partial charge is 0.128 e. The van der Waals surface area contributed by atoms with Gasteiger partial charge in [-0.05, 0) is 30.0 Å². The molecular weight excluding hydrogens is 237 g/mol. The van der Waals surface area contributed by atoms with Crippen molar-refractivity contribution >= 4 is 0 Å². The summed E-state index contributed by atoms with van der Waals surface area (Å²) in [7, 11) is 0. The van der Waals surface area contributed by atoms with Gasteiger partial charge in [0.05, 0.1) is 5.54 Å². The lowest BCUT2D eigenvalue weighted by molar-refractivity contribution is 0.530. The Morgan fingerprint density at radius 3 is 2.11 bits per heavy atom. The van der Waals surface area contributed by atoms with E-state index in [-0.39, 0.29) is 5.82 Å². The Hall–Kier alpha value is -1.67. The lowest BCUT2D eigenvalue weighted by Crippen LogP contribution is -2.35. The van der Waals surface area contributed by atoms with Crippen LogP contribution in [0.5, 0.6) is 0 Å². The zero-order valence-electron chi connectivity index (χ0n) is 11.7. The van der Waals surface area contributed by atoms with Crippen molar-refractivity contribution in [1.29, 1.82) is 0 Å². The zero-order chi connectivity index (χ0) is 14.0. The minimum absolute atomic E-state index is 0.263. The fraction of sp³-hybridized carbons (Fsp3) is 0.294. The van der Waals surface area contributed by atoms with Gasteiger partial charge in [-0.25, -0.2) is 4.39 Å². The molecule has 2 aromatic rings. The lowest BCUT2D eigenvalue weighted by atomic mass is 9.84. The van der Waals surface area contributed by atoms with E-state index in [1.54, 1.807) is 12.1 Å². The van der Waals surface area contributed by atoms with Crippen LogP contribution in [0.3, 0.4) is 0 Å². The maximum Gasteiger partial charge on any atom is 0.128 e. The summed E-state index contributed by atoms with van der Waals surface area (Å²) in [6.07, 6.45) is 0. The van der Waals surface area contributed by atoms with Crippen LogP contribution < -0.4 is 5.73 Å². The molecule has 100 valence electrons. The Balaban J connectivity index is 2.42. The van der Waals surface area contributed by atoms with Crippen molar-refractivity contribution in [2.45, 2.75) is 32.2 Å². The molecule has 0 aliphatic carbocycles. The Kier molecular flexibility index (Phi) is 3.72. The van der Waals surface area contributed by atoms with Crippen LogP contribution in [0.4, 0.5) is 4.39 Å². The van der Waals surface area contributed by atoms with Crippen molar-refractivity contribution in [1.82, 2.24) is 0 Å². The Morgan fingerprint density at radius 2 is 1.58 bits per heavy atom. The second-order valence-corrected chi connectivity index (χ2v) is 5.46. The molecule has 2 rings (SSSR count). The molecule has 2 aromatic carbocycles. The number of hydrogen-bond donors (Lipinski definition) is 1. The van der Waals surface area contributed by atoms with Crippen LogP contribution in [0, 0.1) is 5.82 Å². The van der Waals surface area contributed by atoms with Crippen molar-refractivity contribution in [2.24, 2.45) is 5.73 Å². The SMILES string of the molecule is CC(C)c1ccc(C(C)(N)c2ccccc2F)cc1. The highest BCUT2D eigenvalue weighted by molar-refractivity contribution is 5.39.